The molecule has 0 N–H and O–H groups in total. The van der Waals surface area contributed by atoms with E-state index in [1.165, 1.54) is 24.6 Å². The van der Waals surface area contributed by atoms with Gasteiger partial charge in [0.1, 0.15) is 0 Å². The molecule has 0 spiro atoms. The number of halogens is 3. The third-order valence-electron chi connectivity index (χ3n) is 6.25. The molecule has 37 heavy (non-hydrogen) atoms. The van der Waals surface area contributed by atoms with E-state index in [1.807, 2.05) is 24.0 Å². The second-order valence-electron chi connectivity index (χ2n) is 8.89. The largest absolute Gasteiger partial charge is 0.488 e. The lowest BCUT2D eigenvalue weighted by atomic mass is 10.0. The fourth-order valence-corrected chi connectivity index (χ4v) is 4.57. The molecule has 2 aromatic carbocycles. The Morgan fingerprint density at radius 2 is 1.81 bits per heavy atom. The second-order valence-corrected chi connectivity index (χ2v) is 8.89. The molecule has 1 saturated heterocycles. The van der Waals surface area contributed by atoms with Crippen molar-refractivity contribution in [1.82, 2.24) is 14.8 Å². The first kappa shape index (κ1) is 24.6. The van der Waals surface area contributed by atoms with Crippen LogP contribution in [0.25, 0.3) is 28.3 Å². The summed E-state index contributed by atoms with van der Waals surface area (Å²) >= 11 is 0. The minimum Gasteiger partial charge on any atom is -0.488 e. The average Bonchev–Trinajstić information content (AvgIpc) is 3.59. The van der Waals surface area contributed by atoms with Crippen LogP contribution in [-0.4, -0.2) is 34.5 Å². The molecule has 1 aliphatic rings. The van der Waals surface area contributed by atoms with Gasteiger partial charge in [0.15, 0.2) is 17.9 Å². The summed E-state index contributed by atoms with van der Waals surface area (Å²) in [4.78, 5) is 19.3. The zero-order chi connectivity index (χ0) is 26.2. The fraction of sp³-hybridized carbons (Fsp3) is 0.296. The third kappa shape index (κ3) is 4.96. The van der Waals surface area contributed by atoms with Crippen molar-refractivity contribution < 1.29 is 22.3 Å². The standard InChI is InChI=1S/C27H25F3N4O3/c1-3-36-24-14-22(18-10-17(2)11-19(12-18)25-15-31-16-37-25)32-34(26(24)35)23-13-20(33-8-4-5-9-33)6-7-21(23)27(28,29)30/h6-7,10-16H,3-5,8-9H2,1-2H3. The molecule has 0 atom stereocenters. The Hall–Kier alpha value is -4.08. The highest BCUT2D eigenvalue weighted by Gasteiger charge is 2.35. The third-order valence-corrected chi connectivity index (χ3v) is 6.25. The Morgan fingerprint density at radius 1 is 1.05 bits per heavy atom. The summed E-state index contributed by atoms with van der Waals surface area (Å²) in [6.07, 6.45) is 0.107. The smallest absolute Gasteiger partial charge is 0.418 e. The normalized spacial score (nSPS) is 13.8. The van der Waals surface area contributed by atoms with Crippen LogP contribution in [0.2, 0.25) is 0 Å². The number of hydrogen-bond donors (Lipinski definition) is 0. The van der Waals surface area contributed by atoms with Gasteiger partial charge in [-0.3, -0.25) is 4.79 Å². The number of benzene rings is 2. The molecule has 5 rings (SSSR count). The maximum Gasteiger partial charge on any atom is 0.418 e. The molecule has 1 fully saturated rings. The first-order valence-corrected chi connectivity index (χ1v) is 12.0. The van der Waals surface area contributed by atoms with E-state index in [0.717, 1.165) is 47.8 Å². The highest BCUT2D eigenvalue weighted by atomic mass is 19.4. The number of hydrogen-bond acceptors (Lipinski definition) is 6. The molecular formula is C27H25F3N4O3. The van der Waals surface area contributed by atoms with Crippen LogP contribution in [0.1, 0.15) is 30.9 Å². The predicted octanol–water partition coefficient (Wildman–Crippen LogP) is 5.88. The van der Waals surface area contributed by atoms with Crippen LogP contribution in [0, 0.1) is 6.92 Å². The molecule has 0 saturated carbocycles. The van der Waals surface area contributed by atoms with Crippen molar-refractivity contribution in [1.29, 1.82) is 0 Å². The molecule has 7 nitrogen and oxygen atoms in total. The Kier molecular flexibility index (Phi) is 6.49. The summed E-state index contributed by atoms with van der Waals surface area (Å²) in [7, 11) is 0. The Balaban J connectivity index is 1.73. The van der Waals surface area contributed by atoms with Crippen molar-refractivity contribution in [2.75, 3.05) is 24.6 Å². The maximum absolute atomic E-state index is 14.1. The molecular weight excluding hydrogens is 485 g/mol. The number of oxazole rings is 1. The van der Waals surface area contributed by atoms with Crippen molar-refractivity contribution in [3.8, 4) is 34.0 Å². The van der Waals surface area contributed by atoms with Gasteiger partial charge in [0, 0.05) is 36.0 Å². The van der Waals surface area contributed by atoms with Crippen LogP contribution in [0.15, 0.2) is 64.3 Å². The lowest BCUT2D eigenvalue weighted by Crippen LogP contribution is -2.27. The Morgan fingerprint density at radius 3 is 2.49 bits per heavy atom. The van der Waals surface area contributed by atoms with Gasteiger partial charge in [0.25, 0.3) is 0 Å². The van der Waals surface area contributed by atoms with Gasteiger partial charge in [-0.15, -0.1) is 0 Å². The first-order chi connectivity index (χ1) is 17.7. The quantitative estimate of drug-likeness (QED) is 0.323. The van der Waals surface area contributed by atoms with E-state index in [2.05, 4.69) is 10.1 Å². The van der Waals surface area contributed by atoms with E-state index in [9.17, 15) is 18.0 Å². The van der Waals surface area contributed by atoms with Gasteiger partial charge < -0.3 is 14.1 Å². The zero-order valence-corrected chi connectivity index (χ0v) is 20.4. The average molecular weight is 511 g/mol. The highest BCUT2D eigenvalue weighted by Crippen LogP contribution is 2.37. The Labute approximate surface area is 211 Å². The lowest BCUT2D eigenvalue weighted by molar-refractivity contribution is -0.137. The number of anilines is 1. The summed E-state index contributed by atoms with van der Waals surface area (Å²) in [5, 5.41) is 4.42. The molecule has 3 heterocycles. The molecule has 10 heteroatoms. The van der Waals surface area contributed by atoms with Crippen molar-refractivity contribution >= 4 is 5.69 Å². The second kappa shape index (κ2) is 9.76. The predicted molar refractivity (Wildman–Crippen MR) is 133 cm³/mol. The maximum atomic E-state index is 14.1. The molecule has 2 aromatic heterocycles. The lowest BCUT2D eigenvalue weighted by Gasteiger charge is -2.21. The highest BCUT2D eigenvalue weighted by molar-refractivity contribution is 5.70. The SMILES string of the molecule is CCOc1cc(-c2cc(C)cc(-c3cnco3)c2)nn(-c2cc(N3CCCC3)ccc2C(F)(F)F)c1=O. The van der Waals surface area contributed by atoms with E-state index in [1.54, 1.807) is 19.2 Å². The molecule has 192 valence electrons. The molecule has 0 unspecified atom stereocenters. The Bertz CT molecular complexity index is 1470. The summed E-state index contributed by atoms with van der Waals surface area (Å²) in [5.74, 6) is 0.441. The molecule has 0 bridgehead atoms. The van der Waals surface area contributed by atoms with Crippen molar-refractivity contribution in [2.24, 2.45) is 0 Å². The molecule has 0 aliphatic carbocycles. The summed E-state index contributed by atoms with van der Waals surface area (Å²) in [6, 6.07) is 10.8. The van der Waals surface area contributed by atoms with Gasteiger partial charge in [0.05, 0.1) is 29.7 Å². The molecule has 1 aliphatic heterocycles. The van der Waals surface area contributed by atoms with Gasteiger partial charge in [0.2, 0.25) is 0 Å². The van der Waals surface area contributed by atoms with Crippen LogP contribution >= 0.6 is 0 Å². The van der Waals surface area contributed by atoms with Gasteiger partial charge in [-0.2, -0.15) is 23.0 Å². The summed E-state index contributed by atoms with van der Waals surface area (Å²) in [5.41, 5.74) is 1.02. The van der Waals surface area contributed by atoms with Gasteiger partial charge >= 0.3 is 11.7 Å². The number of ether oxygens (including phenoxy) is 1. The fourth-order valence-electron chi connectivity index (χ4n) is 4.57. The van der Waals surface area contributed by atoms with Gasteiger partial charge in [-0.25, -0.2) is 4.98 Å². The van der Waals surface area contributed by atoms with Crippen LogP contribution < -0.4 is 15.2 Å². The van der Waals surface area contributed by atoms with E-state index in [4.69, 9.17) is 9.15 Å². The van der Waals surface area contributed by atoms with Crippen molar-refractivity contribution in [2.45, 2.75) is 32.9 Å². The number of nitrogens with zero attached hydrogens (tertiary/aromatic N) is 4. The van der Waals surface area contributed by atoms with Crippen molar-refractivity contribution in [3.63, 3.8) is 0 Å². The first-order valence-electron chi connectivity index (χ1n) is 12.0. The van der Waals surface area contributed by atoms with Crippen LogP contribution in [-0.2, 0) is 6.18 Å². The molecule has 4 aromatic rings. The van der Waals surface area contributed by atoms with Crippen LogP contribution in [0.5, 0.6) is 5.75 Å². The van der Waals surface area contributed by atoms with Crippen LogP contribution in [0.3, 0.4) is 0 Å². The number of rotatable bonds is 6. The summed E-state index contributed by atoms with van der Waals surface area (Å²) < 4.78 is 54.1. The monoisotopic (exact) mass is 510 g/mol. The van der Waals surface area contributed by atoms with Crippen molar-refractivity contribution in [3.05, 3.63) is 76.5 Å². The minimum absolute atomic E-state index is 0.0880. The number of aromatic nitrogens is 3. The molecule has 0 radical (unpaired) electrons. The van der Waals surface area contributed by atoms with Crippen LogP contribution in [0.4, 0.5) is 18.9 Å². The number of alkyl halides is 3. The van der Waals surface area contributed by atoms with E-state index in [-0.39, 0.29) is 23.7 Å². The number of aryl methyl sites for hydroxylation is 1. The molecule has 0 amide bonds. The zero-order valence-electron chi connectivity index (χ0n) is 20.4. The summed E-state index contributed by atoms with van der Waals surface area (Å²) in [6.45, 7) is 5.23. The van der Waals surface area contributed by atoms with Gasteiger partial charge in [-0.05, 0) is 68.7 Å². The van der Waals surface area contributed by atoms with E-state index >= 15 is 0 Å². The van der Waals surface area contributed by atoms with E-state index in [0.29, 0.717) is 17.0 Å². The van der Waals surface area contributed by atoms with E-state index < -0.39 is 17.3 Å². The topological polar surface area (TPSA) is 73.4 Å². The van der Waals surface area contributed by atoms with Gasteiger partial charge in [-0.1, -0.05) is 0 Å². The minimum atomic E-state index is -4.69.